The minimum atomic E-state index is -0.379. The van der Waals surface area contributed by atoms with Crippen LogP contribution >= 0.6 is 12.2 Å². The van der Waals surface area contributed by atoms with Gasteiger partial charge < -0.3 is 9.84 Å². The summed E-state index contributed by atoms with van der Waals surface area (Å²) in [4.78, 5) is 6.76. The van der Waals surface area contributed by atoms with Crippen LogP contribution in [-0.4, -0.2) is 15.3 Å². The molecule has 1 atom stereocenters. The number of benzene rings is 3. The first kappa shape index (κ1) is 23.9. The van der Waals surface area contributed by atoms with Crippen molar-refractivity contribution in [2.45, 2.75) is 40.2 Å². The summed E-state index contributed by atoms with van der Waals surface area (Å²) < 4.78 is 19.5. The van der Waals surface area contributed by atoms with Gasteiger partial charge in [0, 0.05) is 16.9 Å². The number of halogens is 1. The van der Waals surface area contributed by atoms with Gasteiger partial charge in [-0.1, -0.05) is 54.5 Å². The summed E-state index contributed by atoms with van der Waals surface area (Å²) >= 11 is 5.82. The van der Waals surface area contributed by atoms with Crippen molar-refractivity contribution in [3.8, 4) is 11.4 Å². The smallest absolute Gasteiger partial charge is 0.258 e. The van der Waals surface area contributed by atoms with E-state index in [2.05, 4.69) is 61.6 Å². The van der Waals surface area contributed by atoms with Gasteiger partial charge in [0.1, 0.15) is 5.82 Å². The predicted molar refractivity (Wildman–Crippen MR) is 145 cm³/mol. The second kappa shape index (κ2) is 9.66. The van der Waals surface area contributed by atoms with Crippen LogP contribution in [0, 0.1) is 19.7 Å². The summed E-state index contributed by atoms with van der Waals surface area (Å²) in [5.41, 5.74) is 7.85. The lowest BCUT2D eigenvalue weighted by Gasteiger charge is -2.37. The Kier molecular flexibility index (Phi) is 6.41. The molecule has 1 aliphatic heterocycles. The number of nitrogens with one attached hydrogen (secondary N) is 1. The lowest BCUT2D eigenvalue weighted by molar-refractivity contribution is 0.404. The average molecular weight is 499 g/mol. The van der Waals surface area contributed by atoms with Crippen LogP contribution in [0.1, 0.15) is 48.0 Å². The molecule has 1 N–H and O–H groups in total. The highest BCUT2D eigenvalue weighted by molar-refractivity contribution is 7.80. The molecule has 5 rings (SSSR count). The van der Waals surface area contributed by atoms with Gasteiger partial charge in [-0.15, -0.1) is 0 Å². The summed E-state index contributed by atoms with van der Waals surface area (Å²) in [6, 6.07) is 20.4. The maximum Gasteiger partial charge on any atom is 0.258 e. The van der Waals surface area contributed by atoms with Crippen LogP contribution in [0.2, 0.25) is 0 Å². The Morgan fingerprint density at radius 1 is 0.972 bits per heavy atom. The largest absolute Gasteiger partial charge is 0.351 e. The predicted octanol–water partition coefficient (Wildman–Crippen LogP) is 6.92. The molecule has 36 heavy (non-hydrogen) atoms. The van der Waals surface area contributed by atoms with Gasteiger partial charge in [-0.2, -0.15) is 4.98 Å². The van der Waals surface area contributed by atoms with Gasteiger partial charge >= 0.3 is 0 Å². The summed E-state index contributed by atoms with van der Waals surface area (Å²) in [5.74, 6) is 0.601. The fourth-order valence-electron chi connectivity index (χ4n) is 4.66. The maximum atomic E-state index is 13.7. The highest BCUT2D eigenvalue weighted by Crippen LogP contribution is 2.39. The molecule has 2 heterocycles. The Hall–Kier alpha value is -3.84. The van der Waals surface area contributed by atoms with E-state index in [1.165, 1.54) is 17.7 Å². The molecule has 3 aromatic carbocycles. The number of nitrogens with zero attached hydrogens (tertiary/aromatic N) is 3. The molecule has 182 valence electrons. The van der Waals surface area contributed by atoms with Gasteiger partial charge in [-0.05, 0) is 85.9 Å². The van der Waals surface area contributed by atoms with Crippen molar-refractivity contribution in [3.05, 3.63) is 106 Å². The van der Waals surface area contributed by atoms with E-state index >= 15 is 0 Å². The van der Waals surface area contributed by atoms with E-state index in [0.29, 0.717) is 16.8 Å². The summed E-state index contributed by atoms with van der Waals surface area (Å²) in [6.07, 6.45) is 0.961. The molecule has 0 fully saturated rings. The zero-order valence-electron chi connectivity index (χ0n) is 20.7. The van der Waals surface area contributed by atoms with Crippen LogP contribution in [0.3, 0.4) is 0 Å². The van der Waals surface area contributed by atoms with Crippen molar-refractivity contribution < 1.29 is 8.91 Å². The highest BCUT2D eigenvalue weighted by atomic mass is 32.1. The fraction of sp³-hybridized carbons (Fsp3) is 0.207. The van der Waals surface area contributed by atoms with Crippen LogP contribution in [-0.2, 0) is 6.42 Å². The van der Waals surface area contributed by atoms with E-state index in [0.717, 1.165) is 45.6 Å². The number of hydrogen-bond donors (Lipinski definition) is 1. The van der Waals surface area contributed by atoms with Crippen molar-refractivity contribution in [1.29, 1.82) is 0 Å². The summed E-state index contributed by atoms with van der Waals surface area (Å²) in [5, 5.41) is 8.26. The molecule has 0 radical (unpaired) electrons. The van der Waals surface area contributed by atoms with Crippen molar-refractivity contribution >= 4 is 28.6 Å². The molecule has 0 saturated heterocycles. The number of hydrogen-bond acceptors (Lipinski definition) is 4. The molecule has 0 spiro atoms. The average Bonchev–Trinajstić information content (AvgIpc) is 3.33. The van der Waals surface area contributed by atoms with Gasteiger partial charge in [0.15, 0.2) is 5.11 Å². The third kappa shape index (κ3) is 4.54. The minimum absolute atomic E-state index is 0.299. The number of rotatable bonds is 5. The van der Waals surface area contributed by atoms with E-state index < -0.39 is 0 Å². The zero-order chi connectivity index (χ0) is 25.4. The Labute approximate surface area is 215 Å². The molecule has 0 aliphatic carbocycles. The van der Waals surface area contributed by atoms with Crippen molar-refractivity contribution in [1.82, 2.24) is 15.5 Å². The van der Waals surface area contributed by atoms with Gasteiger partial charge in [0.05, 0.1) is 11.6 Å². The lowest BCUT2D eigenvalue weighted by Crippen LogP contribution is -2.46. The Balaban J connectivity index is 1.64. The Morgan fingerprint density at radius 3 is 2.28 bits per heavy atom. The molecule has 1 unspecified atom stereocenters. The SMILES string of the molecule is CCc1ccc(-c2noc(C3=C(C)N(c4cc(C)cc(C)c4)C(=S)NC3c3ccc(F)cc3)n2)cc1. The van der Waals surface area contributed by atoms with Crippen LogP contribution in [0.4, 0.5) is 10.1 Å². The zero-order valence-corrected chi connectivity index (χ0v) is 21.5. The number of allylic oxidation sites excluding steroid dienone is 1. The lowest BCUT2D eigenvalue weighted by atomic mass is 9.94. The van der Waals surface area contributed by atoms with E-state index in [9.17, 15) is 4.39 Å². The normalized spacial score (nSPS) is 15.9. The first-order chi connectivity index (χ1) is 17.3. The second-order valence-corrected chi connectivity index (χ2v) is 9.47. The quantitative estimate of drug-likeness (QED) is 0.301. The first-order valence-electron chi connectivity index (χ1n) is 11.9. The van der Waals surface area contributed by atoms with E-state index in [1.54, 1.807) is 12.1 Å². The van der Waals surface area contributed by atoms with Crippen molar-refractivity contribution in [3.63, 3.8) is 0 Å². The number of aryl methyl sites for hydroxylation is 3. The monoisotopic (exact) mass is 498 g/mol. The van der Waals surface area contributed by atoms with Gasteiger partial charge in [-0.25, -0.2) is 4.39 Å². The number of anilines is 1. The number of aromatic nitrogens is 2. The Morgan fingerprint density at radius 2 is 1.64 bits per heavy atom. The maximum absolute atomic E-state index is 13.7. The van der Waals surface area contributed by atoms with E-state index in [1.807, 2.05) is 24.0 Å². The van der Waals surface area contributed by atoms with Gasteiger partial charge in [0.2, 0.25) is 5.82 Å². The molecule has 7 heteroatoms. The minimum Gasteiger partial charge on any atom is -0.351 e. The molecule has 0 saturated carbocycles. The standard InChI is InChI=1S/C29H27FN4OS/c1-5-20-6-8-22(9-7-20)27-32-28(35-33-27)25-19(4)34(24-15-17(2)14-18(3)16-24)29(36)31-26(25)21-10-12-23(30)13-11-21/h6-16,26H,5H2,1-4H3,(H,31,36). The molecule has 1 aliphatic rings. The van der Waals surface area contributed by atoms with Gasteiger partial charge in [0.25, 0.3) is 5.89 Å². The van der Waals surface area contributed by atoms with Crippen LogP contribution in [0.25, 0.3) is 17.0 Å². The van der Waals surface area contributed by atoms with Crippen molar-refractivity contribution in [2.24, 2.45) is 0 Å². The van der Waals surface area contributed by atoms with Crippen LogP contribution in [0.15, 0.2) is 77.0 Å². The Bertz CT molecular complexity index is 1440. The molecule has 0 bridgehead atoms. The van der Waals surface area contributed by atoms with Crippen molar-refractivity contribution in [2.75, 3.05) is 4.90 Å². The van der Waals surface area contributed by atoms with Gasteiger partial charge in [-0.3, -0.25) is 4.90 Å². The molecular weight excluding hydrogens is 471 g/mol. The molecule has 5 nitrogen and oxygen atoms in total. The topological polar surface area (TPSA) is 54.2 Å². The molecule has 4 aromatic rings. The highest BCUT2D eigenvalue weighted by Gasteiger charge is 2.35. The van der Waals surface area contributed by atoms with Crippen LogP contribution in [0.5, 0.6) is 0 Å². The third-order valence-electron chi connectivity index (χ3n) is 6.43. The third-order valence-corrected chi connectivity index (χ3v) is 6.73. The summed E-state index contributed by atoms with van der Waals surface area (Å²) in [6.45, 7) is 8.24. The fourth-order valence-corrected chi connectivity index (χ4v) is 5.02. The molecule has 1 aromatic heterocycles. The first-order valence-corrected chi connectivity index (χ1v) is 12.3. The molecular formula is C29H27FN4OS. The summed E-state index contributed by atoms with van der Waals surface area (Å²) in [7, 11) is 0. The van der Waals surface area contributed by atoms with Crippen LogP contribution < -0.4 is 10.2 Å². The number of thiocarbonyl (C=S) groups is 1. The second-order valence-electron chi connectivity index (χ2n) is 9.09. The molecule has 0 amide bonds. The van der Waals surface area contributed by atoms with E-state index in [-0.39, 0.29) is 11.9 Å². The van der Waals surface area contributed by atoms with E-state index in [4.69, 9.17) is 21.7 Å².